The van der Waals surface area contributed by atoms with Crippen molar-refractivity contribution < 1.29 is 13.2 Å². The maximum Gasteiger partial charge on any atom is 0.179 e. The molecule has 1 aromatic rings. The Morgan fingerprint density at radius 3 is 2.50 bits per heavy atom. The third kappa shape index (κ3) is 5.06. The molecule has 1 rings (SSSR count). The molecule has 18 heavy (non-hydrogen) atoms. The van der Waals surface area contributed by atoms with Gasteiger partial charge in [-0.25, -0.2) is 8.42 Å². The SMILES string of the molecule is COCC(C)NCCS(=O)(=O)c1ccc(Br)cc1. The zero-order valence-corrected chi connectivity index (χ0v) is 12.9. The van der Waals surface area contributed by atoms with Gasteiger partial charge in [0.25, 0.3) is 0 Å². The molecule has 4 nitrogen and oxygen atoms in total. The molecule has 1 N–H and O–H groups in total. The molecule has 0 aliphatic carbocycles. The van der Waals surface area contributed by atoms with Gasteiger partial charge in [-0.2, -0.15) is 0 Å². The molecule has 0 saturated carbocycles. The van der Waals surface area contributed by atoms with Crippen molar-refractivity contribution in [2.75, 3.05) is 26.0 Å². The summed E-state index contributed by atoms with van der Waals surface area (Å²) in [5.41, 5.74) is 0. The highest BCUT2D eigenvalue weighted by atomic mass is 79.9. The van der Waals surface area contributed by atoms with Gasteiger partial charge in [-0.3, -0.25) is 0 Å². The Bertz CT molecular complexity index is 459. The minimum Gasteiger partial charge on any atom is -0.383 e. The molecule has 102 valence electrons. The van der Waals surface area contributed by atoms with E-state index in [0.29, 0.717) is 18.0 Å². The van der Waals surface area contributed by atoms with E-state index in [0.717, 1.165) is 4.47 Å². The van der Waals surface area contributed by atoms with E-state index < -0.39 is 9.84 Å². The van der Waals surface area contributed by atoms with Crippen molar-refractivity contribution in [2.24, 2.45) is 0 Å². The van der Waals surface area contributed by atoms with E-state index in [1.54, 1.807) is 31.4 Å². The fraction of sp³-hybridized carbons (Fsp3) is 0.500. The number of benzene rings is 1. The van der Waals surface area contributed by atoms with Crippen molar-refractivity contribution in [2.45, 2.75) is 17.9 Å². The number of hydrogen-bond acceptors (Lipinski definition) is 4. The third-order valence-corrected chi connectivity index (χ3v) is 4.71. The van der Waals surface area contributed by atoms with Crippen LogP contribution in [0.3, 0.4) is 0 Å². The van der Waals surface area contributed by atoms with Crippen LogP contribution in [0, 0.1) is 0 Å². The second-order valence-electron chi connectivity index (χ2n) is 4.08. The number of nitrogens with one attached hydrogen (secondary N) is 1. The maximum absolute atomic E-state index is 12.0. The van der Waals surface area contributed by atoms with E-state index >= 15 is 0 Å². The first-order valence-corrected chi connectivity index (χ1v) is 8.11. The van der Waals surface area contributed by atoms with Gasteiger partial charge in [0.2, 0.25) is 0 Å². The number of halogens is 1. The second-order valence-corrected chi connectivity index (χ2v) is 7.11. The molecular formula is C12H18BrNO3S. The van der Waals surface area contributed by atoms with E-state index in [-0.39, 0.29) is 11.8 Å². The van der Waals surface area contributed by atoms with Gasteiger partial charge in [-0.05, 0) is 31.2 Å². The molecule has 0 aliphatic heterocycles. The van der Waals surface area contributed by atoms with Crippen LogP contribution in [0.25, 0.3) is 0 Å². The van der Waals surface area contributed by atoms with Crippen molar-refractivity contribution in [3.63, 3.8) is 0 Å². The first-order valence-electron chi connectivity index (χ1n) is 5.66. The fourth-order valence-corrected chi connectivity index (χ4v) is 2.95. The Morgan fingerprint density at radius 2 is 1.94 bits per heavy atom. The van der Waals surface area contributed by atoms with Crippen LogP contribution < -0.4 is 5.32 Å². The lowest BCUT2D eigenvalue weighted by molar-refractivity contribution is 0.173. The van der Waals surface area contributed by atoms with E-state index in [1.807, 2.05) is 6.92 Å². The molecule has 1 atom stereocenters. The summed E-state index contributed by atoms with van der Waals surface area (Å²) in [7, 11) is -1.59. The summed E-state index contributed by atoms with van der Waals surface area (Å²) in [6.07, 6.45) is 0. The zero-order valence-electron chi connectivity index (χ0n) is 10.5. The van der Waals surface area contributed by atoms with Gasteiger partial charge in [0.1, 0.15) is 0 Å². The molecule has 0 aromatic heterocycles. The number of rotatable bonds is 7. The van der Waals surface area contributed by atoms with Crippen LogP contribution in [0.4, 0.5) is 0 Å². The van der Waals surface area contributed by atoms with E-state index in [4.69, 9.17) is 4.74 Å². The van der Waals surface area contributed by atoms with Crippen LogP contribution >= 0.6 is 15.9 Å². The lowest BCUT2D eigenvalue weighted by Gasteiger charge is -2.12. The Kier molecular flexibility index (Phi) is 6.28. The quantitative estimate of drug-likeness (QED) is 0.826. The van der Waals surface area contributed by atoms with Crippen molar-refractivity contribution in [3.05, 3.63) is 28.7 Å². The largest absolute Gasteiger partial charge is 0.383 e. The molecule has 1 unspecified atom stereocenters. The van der Waals surface area contributed by atoms with Gasteiger partial charge in [0.15, 0.2) is 9.84 Å². The molecular weight excluding hydrogens is 318 g/mol. The van der Waals surface area contributed by atoms with Crippen LogP contribution in [0.1, 0.15) is 6.92 Å². The van der Waals surface area contributed by atoms with Crippen molar-refractivity contribution in [1.29, 1.82) is 0 Å². The summed E-state index contributed by atoms with van der Waals surface area (Å²) < 4.78 is 29.8. The number of hydrogen-bond donors (Lipinski definition) is 1. The predicted octanol–water partition coefficient (Wildman–Crippen LogP) is 1.85. The van der Waals surface area contributed by atoms with Crippen molar-refractivity contribution >= 4 is 25.8 Å². The molecule has 0 heterocycles. The minimum atomic E-state index is -3.21. The molecule has 0 spiro atoms. The van der Waals surface area contributed by atoms with Crippen molar-refractivity contribution in [1.82, 2.24) is 5.32 Å². The van der Waals surface area contributed by atoms with Gasteiger partial charge < -0.3 is 10.1 Å². The molecule has 0 bridgehead atoms. The topological polar surface area (TPSA) is 55.4 Å². The molecule has 6 heteroatoms. The highest BCUT2D eigenvalue weighted by Crippen LogP contribution is 2.15. The molecule has 0 aliphatic rings. The molecule has 0 saturated heterocycles. The third-order valence-electron chi connectivity index (χ3n) is 2.45. The summed E-state index contributed by atoms with van der Waals surface area (Å²) in [4.78, 5) is 0.354. The standard InChI is InChI=1S/C12H18BrNO3S/c1-10(9-17-2)14-7-8-18(15,16)12-5-3-11(13)4-6-12/h3-6,10,14H,7-9H2,1-2H3. The number of sulfone groups is 1. The summed E-state index contributed by atoms with van der Waals surface area (Å²) >= 11 is 3.28. The van der Waals surface area contributed by atoms with E-state index in [9.17, 15) is 8.42 Å². The molecule has 0 radical (unpaired) electrons. The van der Waals surface area contributed by atoms with Crippen LogP contribution in [0.5, 0.6) is 0 Å². The molecule has 0 fully saturated rings. The average Bonchev–Trinajstić information content (AvgIpc) is 2.29. The van der Waals surface area contributed by atoms with Gasteiger partial charge in [-0.15, -0.1) is 0 Å². The normalized spacial score (nSPS) is 13.5. The van der Waals surface area contributed by atoms with Gasteiger partial charge in [0.05, 0.1) is 17.3 Å². The fourth-order valence-electron chi connectivity index (χ4n) is 1.51. The maximum atomic E-state index is 12.0. The summed E-state index contributed by atoms with van der Waals surface area (Å²) in [6, 6.07) is 6.83. The second kappa shape index (κ2) is 7.23. The van der Waals surface area contributed by atoms with Crippen LogP contribution in [0.15, 0.2) is 33.6 Å². The van der Waals surface area contributed by atoms with Crippen LogP contribution in [-0.2, 0) is 14.6 Å². The number of ether oxygens (including phenoxy) is 1. The highest BCUT2D eigenvalue weighted by molar-refractivity contribution is 9.10. The van der Waals surface area contributed by atoms with Gasteiger partial charge >= 0.3 is 0 Å². The van der Waals surface area contributed by atoms with E-state index in [2.05, 4.69) is 21.2 Å². The Hall–Kier alpha value is -0.430. The lowest BCUT2D eigenvalue weighted by Crippen LogP contribution is -2.34. The first-order chi connectivity index (χ1) is 8.45. The Labute approximate surface area is 117 Å². The van der Waals surface area contributed by atoms with Gasteiger partial charge in [0, 0.05) is 24.2 Å². The molecule has 0 amide bonds. The lowest BCUT2D eigenvalue weighted by atomic mass is 10.4. The number of methoxy groups -OCH3 is 1. The zero-order chi connectivity index (χ0) is 13.6. The highest BCUT2D eigenvalue weighted by Gasteiger charge is 2.14. The summed E-state index contributed by atoms with van der Waals surface area (Å²) in [5.74, 6) is 0.0860. The minimum absolute atomic E-state index is 0.0860. The smallest absolute Gasteiger partial charge is 0.179 e. The summed E-state index contributed by atoms with van der Waals surface area (Å²) in [5, 5.41) is 3.11. The van der Waals surface area contributed by atoms with Crippen molar-refractivity contribution in [3.8, 4) is 0 Å². The monoisotopic (exact) mass is 335 g/mol. The first kappa shape index (κ1) is 15.6. The van der Waals surface area contributed by atoms with Crippen LogP contribution in [-0.4, -0.2) is 40.5 Å². The predicted molar refractivity (Wildman–Crippen MR) is 75.5 cm³/mol. The van der Waals surface area contributed by atoms with Gasteiger partial charge in [-0.1, -0.05) is 15.9 Å². The average molecular weight is 336 g/mol. The summed E-state index contributed by atoms with van der Waals surface area (Å²) in [6.45, 7) is 2.94. The van der Waals surface area contributed by atoms with Crippen LogP contribution in [0.2, 0.25) is 0 Å². The Morgan fingerprint density at radius 1 is 1.33 bits per heavy atom. The Balaban J connectivity index is 2.52. The molecule has 1 aromatic carbocycles. The van der Waals surface area contributed by atoms with E-state index in [1.165, 1.54) is 0 Å².